The van der Waals surface area contributed by atoms with Crippen LogP contribution in [0.15, 0.2) is 24.3 Å². The van der Waals surface area contributed by atoms with E-state index >= 15 is 0 Å². The van der Waals surface area contributed by atoms with Gasteiger partial charge in [0.2, 0.25) is 5.91 Å². The number of benzene rings is 1. The number of rotatable bonds is 4. The molecule has 1 aromatic rings. The van der Waals surface area contributed by atoms with Crippen LogP contribution in [0.3, 0.4) is 0 Å². The summed E-state index contributed by atoms with van der Waals surface area (Å²) in [5, 5.41) is 3.06. The van der Waals surface area contributed by atoms with Crippen LogP contribution in [0.25, 0.3) is 0 Å². The van der Waals surface area contributed by atoms with Gasteiger partial charge in [-0.05, 0) is 36.0 Å². The van der Waals surface area contributed by atoms with Crippen molar-refractivity contribution < 1.29 is 4.79 Å². The molecular weight excluding hydrogens is 212 g/mol. The molecule has 1 saturated carbocycles. The van der Waals surface area contributed by atoms with E-state index in [4.69, 9.17) is 5.73 Å². The molecule has 0 heterocycles. The molecule has 3 heteroatoms. The highest BCUT2D eigenvalue weighted by molar-refractivity contribution is 5.77. The third-order valence-electron chi connectivity index (χ3n) is 3.47. The molecule has 0 aliphatic heterocycles. The van der Waals surface area contributed by atoms with Gasteiger partial charge < -0.3 is 11.1 Å². The quantitative estimate of drug-likeness (QED) is 0.781. The summed E-state index contributed by atoms with van der Waals surface area (Å²) in [6.07, 6.45) is 2.43. The second-order valence-corrected chi connectivity index (χ2v) is 5.55. The lowest BCUT2D eigenvalue weighted by atomic mass is 10.1. The van der Waals surface area contributed by atoms with Crippen LogP contribution in [0.1, 0.15) is 32.3 Å². The van der Waals surface area contributed by atoms with Crippen molar-refractivity contribution in [2.45, 2.75) is 39.2 Å². The summed E-state index contributed by atoms with van der Waals surface area (Å²) < 4.78 is 0. The molecule has 2 rings (SSSR count). The van der Waals surface area contributed by atoms with E-state index in [0.717, 1.165) is 24.1 Å². The summed E-state index contributed by atoms with van der Waals surface area (Å²) in [6.45, 7) is 4.36. The lowest BCUT2D eigenvalue weighted by Gasteiger charge is -2.07. The van der Waals surface area contributed by atoms with E-state index in [-0.39, 0.29) is 5.91 Å². The normalized spacial score (nSPS) is 20.9. The number of hydrogen-bond acceptors (Lipinski definition) is 2. The van der Waals surface area contributed by atoms with Crippen LogP contribution < -0.4 is 11.1 Å². The van der Waals surface area contributed by atoms with Crippen molar-refractivity contribution in [3.63, 3.8) is 0 Å². The average Bonchev–Trinajstić information content (AvgIpc) is 2.85. The van der Waals surface area contributed by atoms with E-state index < -0.39 is 0 Å². The van der Waals surface area contributed by atoms with Gasteiger partial charge in [-0.25, -0.2) is 0 Å². The first kappa shape index (κ1) is 12.0. The number of hydrogen-bond donors (Lipinski definition) is 2. The number of anilines is 1. The van der Waals surface area contributed by atoms with Gasteiger partial charge >= 0.3 is 0 Å². The highest BCUT2D eigenvalue weighted by Gasteiger charge is 2.46. The van der Waals surface area contributed by atoms with Gasteiger partial charge in [-0.15, -0.1) is 0 Å². The average molecular weight is 232 g/mol. The van der Waals surface area contributed by atoms with E-state index in [0.29, 0.717) is 17.9 Å². The molecule has 1 fully saturated rings. The molecule has 1 aromatic carbocycles. The minimum atomic E-state index is 0.150. The van der Waals surface area contributed by atoms with Crippen LogP contribution in [-0.4, -0.2) is 11.9 Å². The first-order chi connectivity index (χ1) is 7.97. The minimum absolute atomic E-state index is 0.150. The molecule has 1 aliphatic rings. The Hall–Kier alpha value is -1.51. The summed E-state index contributed by atoms with van der Waals surface area (Å²) >= 11 is 0. The monoisotopic (exact) mass is 232 g/mol. The van der Waals surface area contributed by atoms with Crippen LogP contribution in [0.4, 0.5) is 5.69 Å². The van der Waals surface area contributed by atoms with Crippen molar-refractivity contribution in [3.8, 4) is 0 Å². The first-order valence-corrected chi connectivity index (χ1v) is 6.11. The molecule has 0 bridgehead atoms. The Morgan fingerprint density at radius 1 is 1.41 bits per heavy atom. The highest BCUT2D eigenvalue weighted by Crippen LogP contribution is 2.44. The van der Waals surface area contributed by atoms with Crippen LogP contribution in [0.5, 0.6) is 0 Å². The molecule has 0 spiro atoms. The SMILES string of the molecule is CC1(C)CC1NC(=O)CCc1ccc(N)cc1. The van der Waals surface area contributed by atoms with Gasteiger partial charge in [0.25, 0.3) is 0 Å². The smallest absolute Gasteiger partial charge is 0.220 e. The molecule has 0 saturated heterocycles. The molecule has 17 heavy (non-hydrogen) atoms. The zero-order chi connectivity index (χ0) is 12.5. The molecular formula is C14H20N2O. The maximum Gasteiger partial charge on any atom is 0.220 e. The molecule has 0 radical (unpaired) electrons. The lowest BCUT2D eigenvalue weighted by molar-refractivity contribution is -0.121. The molecule has 1 aliphatic carbocycles. The predicted molar refractivity (Wildman–Crippen MR) is 69.5 cm³/mol. The highest BCUT2D eigenvalue weighted by atomic mass is 16.1. The zero-order valence-electron chi connectivity index (χ0n) is 10.5. The van der Waals surface area contributed by atoms with Crippen molar-refractivity contribution >= 4 is 11.6 Å². The Labute approximate surface area is 102 Å². The number of carbonyl (C=O) groups is 1. The van der Waals surface area contributed by atoms with E-state index in [1.54, 1.807) is 0 Å². The maximum atomic E-state index is 11.7. The van der Waals surface area contributed by atoms with Gasteiger partial charge in [0.1, 0.15) is 0 Å². The van der Waals surface area contributed by atoms with Crippen molar-refractivity contribution in [2.75, 3.05) is 5.73 Å². The zero-order valence-corrected chi connectivity index (χ0v) is 10.5. The third-order valence-corrected chi connectivity index (χ3v) is 3.47. The number of amides is 1. The third kappa shape index (κ3) is 3.22. The van der Waals surface area contributed by atoms with Crippen molar-refractivity contribution in [2.24, 2.45) is 5.41 Å². The Balaban J connectivity index is 1.75. The Morgan fingerprint density at radius 2 is 2.00 bits per heavy atom. The second kappa shape index (κ2) is 4.40. The standard InChI is InChI=1S/C14H20N2O/c1-14(2)9-12(14)16-13(17)8-5-10-3-6-11(15)7-4-10/h3-4,6-7,12H,5,8-9,15H2,1-2H3,(H,16,17). The Bertz CT molecular complexity index is 409. The second-order valence-electron chi connectivity index (χ2n) is 5.55. The molecule has 1 unspecified atom stereocenters. The Kier molecular flexibility index (Phi) is 3.09. The van der Waals surface area contributed by atoms with E-state index in [1.165, 1.54) is 0 Å². The summed E-state index contributed by atoms with van der Waals surface area (Å²) in [5.41, 5.74) is 7.83. The van der Waals surface area contributed by atoms with Gasteiger partial charge in [0.05, 0.1) is 0 Å². The number of nitrogens with one attached hydrogen (secondary N) is 1. The summed E-state index contributed by atoms with van der Waals surface area (Å²) in [6, 6.07) is 8.07. The number of carbonyl (C=O) groups excluding carboxylic acids is 1. The largest absolute Gasteiger partial charge is 0.399 e. The van der Waals surface area contributed by atoms with E-state index in [1.807, 2.05) is 24.3 Å². The van der Waals surface area contributed by atoms with Crippen molar-refractivity contribution in [3.05, 3.63) is 29.8 Å². The molecule has 1 amide bonds. The van der Waals surface area contributed by atoms with Crippen LogP contribution in [-0.2, 0) is 11.2 Å². The maximum absolute atomic E-state index is 11.7. The fourth-order valence-electron chi connectivity index (χ4n) is 1.92. The van der Waals surface area contributed by atoms with Gasteiger partial charge in [0.15, 0.2) is 0 Å². The number of nitrogens with two attached hydrogens (primary N) is 1. The minimum Gasteiger partial charge on any atom is -0.399 e. The molecule has 0 aromatic heterocycles. The molecule has 3 nitrogen and oxygen atoms in total. The number of nitrogen functional groups attached to an aromatic ring is 1. The van der Waals surface area contributed by atoms with Gasteiger partial charge in [0, 0.05) is 18.2 Å². The molecule has 92 valence electrons. The molecule has 3 N–H and O–H groups in total. The van der Waals surface area contributed by atoms with Gasteiger partial charge in [-0.1, -0.05) is 26.0 Å². The van der Waals surface area contributed by atoms with Gasteiger partial charge in [-0.3, -0.25) is 4.79 Å². The predicted octanol–water partition coefficient (Wildman–Crippen LogP) is 2.12. The van der Waals surface area contributed by atoms with Crippen LogP contribution in [0, 0.1) is 5.41 Å². The topological polar surface area (TPSA) is 55.1 Å². The van der Waals surface area contributed by atoms with Crippen molar-refractivity contribution in [1.29, 1.82) is 0 Å². The van der Waals surface area contributed by atoms with E-state index in [2.05, 4.69) is 19.2 Å². The van der Waals surface area contributed by atoms with E-state index in [9.17, 15) is 4.79 Å². The Morgan fingerprint density at radius 3 is 2.53 bits per heavy atom. The fourth-order valence-corrected chi connectivity index (χ4v) is 1.92. The lowest BCUT2D eigenvalue weighted by Crippen LogP contribution is -2.28. The summed E-state index contributed by atoms with van der Waals surface area (Å²) in [4.78, 5) is 11.7. The van der Waals surface area contributed by atoms with Crippen molar-refractivity contribution in [1.82, 2.24) is 5.32 Å². The van der Waals surface area contributed by atoms with Crippen LogP contribution in [0.2, 0.25) is 0 Å². The summed E-state index contributed by atoms with van der Waals surface area (Å²) in [7, 11) is 0. The summed E-state index contributed by atoms with van der Waals surface area (Å²) in [5.74, 6) is 0.150. The fraction of sp³-hybridized carbons (Fsp3) is 0.500. The van der Waals surface area contributed by atoms with Gasteiger partial charge in [-0.2, -0.15) is 0 Å². The molecule has 1 atom stereocenters. The van der Waals surface area contributed by atoms with Crippen LogP contribution >= 0.6 is 0 Å². The first-order valence-electron chi connectivity index (χ1n) is 6.11. The number of aryl methyl sites for hydroxylation is 1.